The van der Waals surface area contributed by atoms with Crippen LogP contribution in [-0.2, 0) is 34.1 Å². The lowest BCUT2D eigenvalue weighted by Crippen LogP contribution is -2.06. The second-order valence-corrected chi connectivity index (χ2v) is 8.06. The van der Waals surface area contributed by atoms with Gasteiger partial charge in [0.05, 0.1) is 16.7 Å². The van der Waals surface area contributed by atoms with Crippen molar-refractivity contribution in [2.45, 2.75) is 54.8 Å². The second-order valence-electron chi connectivity index (χ2n) is 8.06. The maximum absolute atomic E-state index is 10.6. The lowest BCUT2D eigenvalue weighted by atomic mass is 10.1. The molecule has 252 valence electrons. The number of hydrogen-bond acceptors (Lipinski definition) is 10. The summed E-state index contributed by atoms with van der Waals surface area (Å²) in [6.45, 7) is 3.08. The number of rotatable bonds is 11. The van der Waals surface area contributed by atoms with Gasteiger partial charge >= 0.3 is 23.9 Å². The summed E-state index contributed by atoms with van der Waals surface area (Å²) in [4.78, 5) is 68.8. The van der Waals surface area contributed by atoms with Crippen LogP contribution in [0.3, 0.4) is 0 Å². The lowest BCUT2D eigenvalue weighted by molar-refractivity contribution is -0.763. The van der Waals surface area contributed by atoms with Crippen LogP contribution in [0.4, 0.5) is 0 Å². The number of carboxylic acids is 4. The number of benzene rings is 3. The molecule has 0 aliphatic heterocycles. The first-order valence-electron chi connectivity index (χ1n) is 12.4. The predicted octanol–water partition coefficient (Wildman–Crippen LogP) is 5.89. The van der Waals surface area contributed by atoms with Crippen LogP contribution in [0.25, 0.3) is 0 Å². The average molecular weight is 651 g/mol. The quantitative estimate of drug-likeness (QED) is 0.139. The maximum Gasteiger partial charge on any atom is 0.336 e. The van der Waals surface area contributed by atoms with Crippen molar-refractivity contribution in [3.05, 3.63) is 126 Å². The SMILES string of the molecule is C.C.CCC(=O)O.CCc1cccc(C(=O)O)c1.O=C(O)c1ccc(CO[N+](=O)[O-])cc1.O=C(O)c1ccccc1CO[N+](=O)[O-]. The molecule has 0 saturated carbocycles. The zero-order chi connectivity index (χ0) is 33.7. The Balaban J connectivity index is -0.000000553. The first-order chi connectivity index (χ1) is 20.7. The fraction of sp³-hybridized carbons (Fsp3) is 0.267. The van der Waals surface area contributed by atoms with Crippen LogP contribution in [0.15, 0.2) is 72.8 Å². The van der Waals surface area contributed by atoms with Crippen LogP contribution in [0.2, 0.25) is 0 Å². The smallest absolute Gasteiger partial charge is 0.336 e. The van der Waals surface area contributed by atoms with Gasteiger partial charge in [-0.05, 0) is 53.4 Å². The van der Waals surface area contributed by atoms with E-state index in [4.69, 9.17) is 20.4 Å². The maximum atomic E-state index is 10.6. The topological polar surface area (TPSA) is 254 Å². The Morgan fingerprint density at radius 2 is 1.15 bits per heavy atom. The summed E-state index contributed by atoms with van der Waals surface area (Å²) in [7, 11) is 0. The van der Waals surface area contributed by atoms with Crippen LogP contribution in [0.1, 0.15) is 82.9 Å². The van der Waals surface area contributed by atoms with E-state index in [1.54, 1.807) is 37.3 Å². The van der Waals surface area contributed by atoms with Crippen LogP contribution in [0.5, 0.6) is 0 Å². The van der Waals surface area contributed by atoms with Crippen LogP contribution in [0, 0.1) is 20.2 Å². The highest BCUT2D eigenvalue weighted by Crippen LogP contribution is 2.10. The Morgan fingerprint density at radius 1 is 0.652 bits per heavy atom. The minimum atomic E-state index is -1.13. The van der Waals surface area contributed by atoms with E-state index in [1.807, 2.05) is 13.0 Å². The number of nitrogens with zero attached hydrogens (tertiary/aromatic N) is 2. The van der Waals surface area contributed by atoms with Gasteiger partial charge in [-0.3, -0.25) is 4.79 Å². The van der Waals surface area contributed by atoms with E-state index in [0.29, 0.717) is 11.1 Å². The molecule has 0 spiro atoms. The molecule has 46 heavy (non-hydrogen) atoms. The fourth-order valence-corrected chi connectivity index (χ4v) is 2.77. The first kappa shape index (κ1) is 44.4. The number of carbonyl (C=O) groups is 4. The van der Waals surface area contributed by atoms with E-state index < -0.39 is 34.1 Å². The van der Waals surface area contributed by atoms with Gasteiger partial charge in [0.15, 0.2) is 0 Å². The Bertz CT molecular complexity index is 1410. The monoisotopic (exact) mass is 650 g/mol. The summed E-state index contributed by atoms with van der Waals surface area (Å²) in [5.74, 6) is -3.77. The molecule has 0 aliphatic rings. The molecule has 0 heterocycles. The van der Waals surface area contributed by atoms with Gasteiger partial charge in [-0.25, -0.2) is 14.4 Å². The minimum absolute atomic E-state index is 0. The molecule has 0 radical (unpaired) electrons. The van der Waals surface area contributed by atoms with Gasteiger partial charge < -0.3 is 30.1 Å². The van der Waals surface area contributed by atoms with E-state index in [0.717, 1.165) is 12.0 Å². The van der Waals surface area contributed by atoms with Gasteiger partial charge in [0.1, 0.15) is 13.2 Å². The second kappa shape index (κ2) is 24.4. The molecular formula is C30H38N2O14. The summed E-state index contributed by atoms with van der Waals surface area (Å²) >= 11 is 0. The molecular weight excluding hydrogens is 612 g/mol. The van der Waals surface area contributed by atoms with Gasteiger partial charge in [0.2, 0.25) is 0 Å². The molecule has 16 heteroatoms. The zero-order valence-corrected chi connectivity index (χ0v) is 23.5. The van der Waals surface area contributed by atoms with Crippen molar-refractivity contribution < 1.29 is 59.5 Å². The number of hydrogen-bond donors (Lipinski definition) is 4. The summed E-state index contributed by atoms with van der Waals surface area (Å²) in [6, 6.07) is 18.6. The number of aryl methyl sites for hydroxylation is 1. The Labute approximate surface area is 264 Å². The van der Waals surface area contributed by atoms with Gasteiger partial charge in [0, 0.05) is 6.42 Å². The molecule has 3 aromatic rings. The molecule has 0 aliphatic carbocycles. The fourth-order valence-electron chi connectivity index (χ4n) is 2.77. The predicted molar refractivity (Wildman–Crippen MR) is 165 cm³/mol. The van der Waals surface area contributed by atoms with Gasteiger partial charge in [0.25, 0.3) is 10.2 Å². The molecule has 0 saturated heterocycles. The number of carboxylic acid groups (broad SMARTS) is 4. The van der Waals surface area contributed by atoms with Crippen molar-refractivity contribution in [1.29, 1.82) is 0 Å². The van der Waals surface area contributed by atoms with E-state index in [2.05, 4.69) is 9.68 Å². The van der Waals surface area contributed by atoms with Crippen LogP contribution < -0.4 is 0 Å². The normalized spacial score (nSPS) is 8.83. The van der Waals surface area contributed by atoms with E-state index in [1.165, 1.54) is 36.4 Å². The molecule has 0 aromatic heterocycles. The van der Waals surface area contributed by atoms with Crippen LogP contribution in [-0.4, -0.2) is 54.5 Å². The lowest BCUT2D eigenvalue weighted by Gasteiger charge is -2.03. The molecule has 0 atom stereocenters. The third kappa shape index (κ3) is 20.0. The number of aromatic carboxylic acids is 3. The third-order valence-corrected chi connectivity index (χ3v) is 5.00. The highest BCUT2D eigenvalue weighted by molar-refractivity contribution is 5.89. The van der Waals surface area contributed by atoms with Crippen molar-refractivity contribution in [3.63, 3.8) is 0 Å². The van der Waals surface area contributed by atoms with Crippen molar-refractivity contribution in [3.8, 4) is 0 Å². The molecule has 0 bridgehead atoms. The molecule has 16 nitrogen and oxygen atoms in total. The summed E-state index contributed by atoms with van der Waals surface area (Å²) in [6.07, 6.45) is 1.10. The third-order valence-electron chi connectivity index (χ3n) is 5.00. The van der Waals surface area contributed by atoms with Crippen molar-refractivity contribution >= 4 is 23.9 Å². The van der Waals surface area contributed by atoms with E-state index in [9.17, 15) is 39.4 Å². The highest BCUT2D eigenvalue weighted by atomic mass is 17.0. The van der Waals surface area contributed by atoms with E-state index >= 15 is 0 Å². The van der Waals surface area contributed by atoms with Crippen molar-refractivity contribution in [2.75, 3.05) is 0 Å². The summed E-state index contributed by atoms with van der Waals surface area (Å²) in [5.41, 5.74) is 2.39. The standard InChI is InChI=1S/C9H10O2.2C8H7NO5.C3H6O2.2CH4/c1-2-7-4-3-5-8(6-7)9(10)11;10-8(11)7-3-1-6(2-4-7)5-14-9(12)13;10-8(11)7-4-2-1-3-6(7)5-14-9(12)13;1-2-3(4)5;;/h3-6H,2H2,1H3,(H,10,11);2*1-4H,5H2,(H,10,11);2H2,1H3,(H,4,5);2*1H4. The van der Waals surface area contributed by atoms with Crippen molar-refractivity contribution in [1.82, 2.24) is 0 Å². The molecule has 0 unspecified atom stereocenters. The molecule has 3 rings (SSSR count). The molecule has 0 amide bonds. The zero-order valence-electron chi connectivity index (χ0n) is 23.5. The van der Waals surface area contributed by atoms with Gasteiger partial charge in [-0.1, -0.05) is 71.2 Å². The summed E-state index contributed by atoms with van der Waals surface area (Å²) < 4.78 is 0. The summed E-state index contributed by atoms with van der Waals surface area (Å²) in [5, 5.41) is 51.5. The number of aliphatic carboxylic acids is 1. The molecule has 4 N–H and O–H groups in total. The van der Waals surface area contributed by atoms with Gasteiger partial charge in [-0.2, -0.15) is 0 Å². The highest BCUT2D eigenvalue weighted by Gasteiger charge is 2.09. The van der Waals surface area contributed by atoms with Crippen LogP contribution >= 0.6 is 0 Å². The average Bonchev–Trinajstić information content (AvgIpc) is 3.00. The Morgan fingerprint density at radius 3 is 1.59 bits per heavy atom. The van der Waals surface area contributed by atoms with Gasteiger partial charge in [-0.15, -0.1) is 20.2 Å². The largest absolute Gasteiger partial charge is 0.481 e. The molecule has 0 fully saturated rings. The first-order valence-corrected chi connectivity index (χ1v) is 12.4. The van der Waals surface area contributed by atoms with Crippen molar-refractivity contribution in [2.24, 2.45) is 0 Å². The molecule has 3 aromatic carbocycles. The Kier molecular flexibility index (Phi) is 23.5. The minimum Gasteiger partial charge on any atom is -0.481 e. The Hall–Kier alpha value is -6.06. The van der Waals surface area contributed by atoms with E-state index in [-0.39, 0.29) is 51.2 Å².